The summed E-state index contributed by atoms with van der Waals surface area (Å²) >= 11 is 1.65. The number of carbonyl (C=O) groups is 1. The van der Waals surface area contributed by atoms with Crippen molar-refractivity contribution >= 4 is 17.3 Å². The fourth-order valence-electron chi connectivity index (χ4n) is 2.31. The molecule has 0 atom stereocenters. The second-order valence-corrected chi connectivity index (χ2v) is 5.73. The Morgan fingerprint density at radius 3 is 2.72 bits per heavy atom. The maximum absolute atomic E-state index is 11.4. The van der Waals surface area contributed by atoms with Crippen LogP contribution in [-0.2, 0) is 20.9 Å². The van der Waals surface area contributed by atoms with Gasteiger partial charge in [0.1, 0.15) is 0 Å². The molecule has 0 saturated heterocycles. The molecule has 1 aromatic rings. The first kappa shape index (κ1) is 13.5. The summed E-state index contributed by atoms with van der Waals surface area (Å²) in [5.41, 5.74) is 1.01. The number of rotatable bonds is 4. The number of ether oxygens (including phenoxy) is 2. The van der Waals surface area contributed by atoms with E-state index in [1.807, 2.05) is 12.3 Å². The number of methoxy groups -OCH3 is 1. The van der Waals surface area contributed by atoms with Gasteiger partial charge in [-0.05, 0) is 32.6 Å². The molecule has 0 radical (unpaired) electrons. The Hall–Kier alpha value is -0.940. The highest BCUT2D eigenvalue weighted by atomic mass is 32.1. The molecule has 2 rings (SSSR count). The molecule has 1 aromatic heterocycles. The third-order valence-electron chi connectivity index (χ3n) is 3.34. The van der Waals surface area contributed by atoms with Gasteiger partial charge in [0.25, 0.3) is 0 Å². The van der Waals surface area contributed by atoms with Gasteiger partial charge < -0.3 is 9.47 Å². The van der Waals surface area contributed by atoms with Gasteiger partial charge >= 0.3 is 5.97 Å². The van der Waals surface area contributed by atoms with E-state index in [9.17, 15) is 4.79 Å². The summed E-state index contributed by atoms with van der Waals surface area (Å²) in [5.74, 6) is -0.0139. The van der Waals surface area contributed by atoms with Crippen molar-refractivity contribution in [1.82, 2.24) is 4.98 Å². The van der Waals surface area contributed by atoms with Crippen LogP contribution < -0.4 is 0 Å². The second-order valence-electron chi connectivity index (χ2n) is 4.67. The zero-order chi connectivity index (χ0) is 13.0. The third kappa shape index (κ3) is 3.53. The summed E-state index contributed by atoms with van der Waals surface area (Å²) in [6.45, 7) is 2.58. The van der Waals surface area contributed by atoms with Crippen molar-refractivity contribution in [3.63, 3.8) is 0 Å². The summed E-state index contributed by atoms with van der Waals surface area (Å²) < 4.78 is 10.6. The van der Waals surface area contributed by atoms with E-state index in [0.29, 0.717) is 6.61 Å². The van der Waals surface area contributed by atoms with Gasteiger partial charge in [-0.15, -0.1) is 11.3 Å². The molecule has 1 aliphatic carbocycles. The van der Waals surface area contributed by atoms with E-state index in [-0.39, 0.29) is 18.0 Å². The Kier molecular flexibility index (Phi) is 4.72. The maximum atomic E-state index is 11.4. The van der Waals surface area contributed by atoms with Gasteiger partial charge in [-0.3, -0.25) is 4.79 Å². The van der Waals surface area contributed by atoms with Gasteiger partial charge in [-0.2, -0.15) is 0 Å². The SMILES string of the molecule is COC(=O)C1CCC(OCc2csc(C)n2)CC1. The van der Waals surface area contributed by atoms with Gasteiger partial charge in [0, 0.05) is 5.38 Å². The number of aryl methyl sites for hydroxylation is 1. The molecule has 100 valence electrons. The van der Waals surface area contributed by atoms with Crippen molar-refractivity contribution in [3.8, 4) is 0 Å². The topological polar surface area (TPSA) is 48.4 Å². The van der Waals surface area contributed by atoms with Crippen LogP contribution in [0.15, 0.2) is 5.38 Å². The number of nitrogens with zero attached hydrogens (tertiary/aromatic N) is 1. The Morgan fingerprint density at radius 1 is 1.44 bits per heavy atom. The van der Waals surface area contributed by atoms with E-state index in [1.54, 1.807) is 11.3 Å². The third-order valence-corrected chi connectivity index (χ3v) is 4.16. The predicted molar refractivity (Wildman–Crippen MR) is 69.4 cm³/mol. The molecule has 1 aliphatic rings. The lowest BCUT2D eigenvalue weighted by atomic mass is 9.87. The maximum Gasteiger partial charge on any atom is 0.308 e. The van der Waals surface area contributed by atoms with Crippen LogP contribution in [0.3, 0.4) is 0 Å². The van der Waals surface area contributed by atoms with Crippen LogP contribution in [0.5, 0.6) is 0 Å². The standard InChI is InChI=1S/C13H19NO3S/c1-9-14-11(8-18-9)7-17-12-5-3-10(4-6-12)13(15)16-2/h8,10,12H,3-7H2,1-2H3. The highest BCUT2D eigenvalue weighted by Crippen LogP contribution is 2.27. The molecule has 1 heterocycles. The highest BCUT2D eigenvalue weighted by molar-refractivity contribution is 7.09. The molecule has 0 aliphatic heterocycles. The number of thiazole rings is 1. The Balaban J connectivity index is 1.72. The van der Waals surface area contributed by atoms with Crippen LogP contribution in [-0.4, -0.2) is 24.2 Å². The van der Waals surface area contributed by atoms with Gasteiger partial charge in [-0.1, -0.05) is 0 Å². The molecule has 5 heteroatoms. The van der Waals surface area contributed by atoms with Crippen LogP contribution in [0.1, 0.15) is 36.4 Å². The minimum Gasteiger partial charge on any atom is -0.469 e. The average molecular weight is 269 g/mol. The van der Waals surface area contributed by atoms with Crippen molar-refractivity contribution in [2.75, 3.05) is 7.11 Å². The first-order chi connectivity index (χ1) is 8.69. The van der Waals surface area contributed by atoms with Crippen molar-refractivity contribution in [2.45, 2.75) is 45.3 Å². The fourth-order valence-corrected chi connectivity index (χ4v) is 2.91. The van der Waals surface area contributed by atoms with Crippen molar-refractivity contribution in [2.24, 2.45) is 5.92 Å². The van der Waals surface area contributed by atoms with Gasteiger partial charge in [-0.25, -0.2) is 4.98 Å². The molecule has 0 bridgehead atoms. The quantitative estimate of drug-likeness (QED) is 0.789. The van der Waals surface area contributed by atoms with Gasteiger partial charge in [0.2, 0.25) is 0 Å². The fraction of sp³-hybridized carbons (Fsp3) is 0.692. The number of esters is 1. The molecule has 0 aromatic carbocycles. The molecular weight excluding hydrogens is 250 g/mol. The monoisotopic (exact) mass is 269 g/mol. The number of carbonyl (C=O) groups excluding carboxylic acids is 1. The molecule has 0 N–H and O–H groups in total. The molecule has 1 saturated carbocycles. The van der Waals surface area contributed by atoms with Crippen LogP contribution in [0.25, 0.3) is 0 Å². The molecular formula is C13H19NO3S. The number of aromatic nitrogens is 1. The average Bonchev–Trinajstić information content (AvgIpc) is 2.82. The Bertz CT molecular complexity index is 397. The minimum absolute atomic E-state index is 0.0661. The summed E-state index contributed by atoms with van der Waals surface area (Å²) in [6.07, 6.45) is 3.86. The summed E-state index contributed by atoms with van der Waals surface area (Å²) in [5, 5.41) is 3.11. The Labute approximate surface area is 111 Å². The van der Waals surface area contributed by atoms with E-state index in [0.717, 1.165) is 36.4 Å². The normalized spacial score (nSPS) is 23.9. The summed E-state index contributed by atoms with van der Waals surface area (Å²) in [4.78, 5) is 15.8. The van der Waals surface area contributed by atoms with Crippen LogP contribution in [0.2, 0.25) is 0 Å². The molecule has 0 amide bonds. The smallest absolute Gasteiger partial charge is 0.308 e. The second kappa shape index (κ2) is 6.29. The molecule has 1 fully saturated rings. The zero-order valence-corrected chi connectivity index (χ0v) is 11.7. The van der Waals surface area contributed by atoms with E-state index < -0.39 is 0 Å². The van der Waals surface area contributed by atoms with Gasteiger partial charge in [0.15, 0.2) is 0 Å². The molecule has 0 spiro atoms. The van der Waals surface area contributed by atoms with E-state index in [2.05, 4.69) is 4.98 Å². The minimum atomic E-state index is -0.0800. The highest BCUT2D eigenvalue weighted by Gasteiger charge is 2.27. The predicted octanol–water partition coefficient (Wildman–Crippen LogP) is 2.70. The van der Waals surface area contributed by atoms with Crippen molar-refractivity contribution < 1.29 is 14.3 Å². The molecule has 4 nitrogen and oxygen atoms in total. The summed E-state index contributed by atoms with van der Waals surface area (Å²) in [7, 11) is 1.45. The first-order valence-electron chi connectivity index (χ1n) is 6.29. The van der Waals surface area contributed by atoms with E-state index in [1.165, 1.54) is 7.11 Å². The zero-order valence-electron chi connectivity index (χ0n) is 10.8. The molecule has 0 unspecified atom stereocenters. The lowest BCUT2D eigenvalue weighted by Gasteiger charge is -2.26. The summed E-state index contributed by atoms with van der Waals surface area (Å²) in [6, 6.07) is 0. The van der Waals surface area contributed by atoms with Crippen molar-refractivity contribution in [3.05, 3.63) is 16.1 Å². The number of hydrogen-bond donors (Lipinski definition) is 0. The van der Waals surface area contributed by atoms with Crippen LogP contribution in [0.4, 0.5) is 0 Å². The lowest BCUT2D eigenvalue weighted by Crippen LogP contribution is -2.26. The lowest BCUT2D eigenvalue weighted by molar-refractivity contribution is -0.147. The first-order valence-corrected chi connectivity index (χ1v) is 7.17. The van der Waals surface area contributed by atoms with E-state index in [4.69, 9.17) is 9.47 Å². The number of hydrogen-bond acceptors (Lipinski definition) is 5. The van der Waals surface area contributed by atoms with Crippen molar-refractivity contribution in [1.29, 1.82) is 0 Å². The van der Waals surface area contributed by atoms with Crippen LogP contribution >= 0.6 is 11.3 Å². The van der Waals surface area contributed by atoms with E-state index >= 15 is 0 Å². The Morgan fingerprint density at radius 2 is 2.17 bits per heavy atom. The van der Waals surface area contributed by atoms with Gasteiger partial charge in [0.05, 0.1) is 36.4 Å². The molecule has 18 heavy (non-hydrogen) atoms. The van der Waals surface area contributed by atoms with Crippen LogP contribution in [0, 0.1) is 12.8 Å². The largest absolute Gasteiger partial charge is 0.469 e.